The third-order valence-corrected chi connectivity index (χ3v) is 9.07. The van der Waals surface area contributed by atoms with Gasteiger partial charge in [0.1, 0.15) is 6.54 Å². The highest BCUT2D eigenvalue weighted by Crippen LogP contribution is 2.17. The highest BCUT2D eigenvalue weighted by molar-refractivity contribution is 5.21. The molecule has 0 unspecified atom stereocenters. The summed E-state index contributed by atoms with van der Waals surface area (Å²) in [5.74, 6) is 0. The average Bonchev–Trinajstić information content (AvgIpc) is 2.97. The molecule has 1 heteroatoms. The maximum Gasteiger partial charge on any atom is 0.172 e. The van der Waals surface area contributed by atoms with E-state index in [2.05, 4.69) is 43.8 Å². The fourth-order valence-electron chi connectivity index (χ4n) is 6.26. The summed E-state index contributed by atoms with van der Waals surface area (Å²) >= 11 is 0. The van der Waals surface area contributed by atoms with Crippen molar-refractivity contribution in [3.63, 3.8) is 0 Å². The number of hydrogen-bond donors (Lipinski definition) is 0. The molecule has 0 amide bonds. The minimum absolute atomic E-state index is 1.21. The van der Waals surface area contributed by atoms with Crippen LogP contribution in [0.5, 0.6) is 0 Å². The standard InChI is InChI=1S/C39H74N/c1-4-7-10-13-16-17-18-19-20-21-22-25-28-31-35-40-36-34-38(32-29-26-23-14-11-8-5-2)39(37-40)33-30-27-24-15-12-9-6-3/h34,36-37H,4-33,35H2,1-3H3/q+1. The van der Waals surface area contributed by atoms with Gasteiger partial charge >= 0.3 is 0 Å². The first kappa shape index (κ1) is 37.2. The predicted octanol–water partition coefficient (Wildman–Crippen LogP) is 13.0. The predicted molar refractivity (Wildman–Crippen MR) is 180 cm³/mol. The van der Waals surface area contributed by atoms with Gasteiger partial charge in [-0.1, -0.05) is 175 Å². The van der Waals surface area contributed by atoms with Crippen molar-refractivity contribution in [2.45, 2.75) is 220 Å². The smallest absolute Gasteiger partial charge is 0.172 e. The van der Waals surface area contributed by atoms with Crippen LogP contribution in [0.1, 0.15) is 212 Å². The summed E-state index contributed by atoms with van der Waals surface area (Å²) in [6, 6.07) is 2.48. The van der Waals surface area contributed by atoms with Gasteiger partial charge in [-0.25, -0.2) is 4.57 Å². The van der Waals surface area contributed by atoms with Crippen molar-refractivity contribution in [2.75, 3.05) is 0 Å². The van der Waals surface area contributed by atoms with Crippen molar-refractivity contribution in [3.05, 3.63) is 29.6 Å². The SMILES string of the molecule is CCCCCCCCCCCCCCCC[n+]1ccc(CCCCCCCCC)c(CCCCCCCCC)c1. The molecule has 1 nitrogen and oxygen atoms in total. The van der Waals surface area contributed by atoms with Crippen molar-refractivity contribution < 1.29 is 4.57 Å². The van der Waals surface area contributed by atoms with Crippen LogP contribution in [-0.2, 0) is 19.4 Å². The molecule has 0 fully saturated rings. The molecule has 0 aliphatic carbocycles. The van der Waals surface area contributed by atoms with Crippen LogP contribution >= 0.6 is 0 Å². The Labute approximate surface area is 253 Å². The summed E-state index contributed by atoms with van der Waals surface area (Å²) < 4.78 is 2.52. The van der Waals surface area contributed by atoms with Gasteiger partial charge in [0.05, 0.1) is 0 Å². The van der Waals surface area contributed by atoms with E-state index in [0.717, 1.165) is 0 Å². The van der Waals surface area contributed by atoms with E-state index < -0.39 is 0 Å². The maximum atomic E-state index is 2.54. The first-order valence-electron chi connectivity index (χ1n) is 18.8. The van der Waals surface area contributed by atoms with Crippen molar-refractivity contribution in [1.82, 2.24) is 0 Å². The van der Waals surface area contributed by atoms with Gasteiger partial charge < -0.3 is 0 Å². The van der Waals surface area contributed by atoms with Gasteiger partial charge in [0, 0.05) is 18.1 Å². The third kappa shape index (κ3) is 22.8. The lowest BCUT2D eigenvalue weighted by Crippen LogP contribution is -2.34. The van der Waals surface area contributed by atoms with Gasteiger partial charge in [0.15, 0.2) is 12.4 Å². The summed E-state index contributed by atoms with van der Waals surface area (Å²) in [4.78, 5) is 0. The first-order valence-corrected chi connectivity index (χ1v) is 18.8. The van der Waals surface area contributed by atoms with Gasteiger partial charge in [-0.3, -0.25) is 0 Å². The van der Waals surface area contributed by atoms with Crippen molar-refractivity contribution >= 4 is 0 Å². The number of hydrogen-bond acceptors (Lipinski definition) is 0. The topological polar surface area (TPSA) is 3.88 Å². The Kier molecular flexibility index (Phi) is 27.5. The minimum atomic E-state index is 1.21. The molecule has 0 saturated carbocycles. The Bertz CT molecular complexity index is 636. The lowest BCUT2D eigenvalue weighted by molar-refractivity contribution is -0.697. The number of aromatic nitrogens is 1. The van der Waals surface area contributed by atoms with Gasteiger partial charge in [0.2, 0.25) is 0 Å². The molecule has 0 N–H and O–H groups in total. The van der Waals surface area contributed by atoms with Gasteiger partial charge in [-0.2, -0.15) is 0 Å². The number of unbranched alkanes of at least 4 members (excludes halogenated alkanes) is 25. The number of pyridine rings is 1. The van der Waals surface area contributed by atoms with Crippen LogP contribution < -0.4 is 4.57 Å². The molecule has 0 aromatic carbocycles. The Morgan fingerprint density at radius 2 is 0.700 bits per heavy atom. The first-order chi connectivity index (χ1) is 19.8. The van der Waals surface area contributed by atoms with Crippen LogP contribution in [0.3, 0.4) is 0 Å². The Morgan fingerprint density at radius 3 is 1.10 bits per heavy atom. The highest BCUT2D eigenvalue weighted by atomic mass is 14.9. The van der Waals surface area contributed by atoms with Gasteiger partial charge in [-0.15, -0.1) is 0 Å². The van der Waals surface area contributed by atoms with E-state index in [4.69, 9.17) is 0 Å². The van der Waals surface area contributed by atoms with E-state index in [9.17, 15) is 0 Å². The molecule has 1 aromatic heterocycles. The number of nitrogens with zero attached hydrogens (tertiary/aromatic N) is 1. The van der Waals surface area contributed by atoms with Gasteiger partial charge in [-0.05, 0) is 37.7 Å². The lowest BCUT2D eigenvalue weighted by Gasteiger charge is -2.10. The summed E-state index contributed by atoms with van der Waals surface area (Å²) in [5.41, 5.74) is 3.31. The normalized spacial score (nSPS) is 11.5. The highest BCUT2D eigenvalue weighted by Gasteiger charge is 2.10. The second kappa shape index (κ2) is 29.6. The van der Waals surface area contributed by atoms with Crippen LogP contribution in [0.4, 0.5) is 0 Å². The number of rotatable bonds is 31. The van der Waals surface area contributed by atoms with E-state index in [1.165, 1.54) is 199 Å². The Hall–Kier alpha value is -0.850. The van der Waals surface area contributed by atoms with Gasteiger partial charge in [0.25, 0.3) is 0 Å². The van der Waals surface area contributed by atoms with E-state index in [1.807, 2.05) is 0 Å². The Balaban J connectivity index is 2.27. The molecule has 234 valence electrons. The zero-order valence-corrected chi connectivity index (χ0v) is 28.1. The lowest BCUT2D eigenvalue weighted by atomic mass is 9.97. The molecule has 1 heterocycles. The fourth-order valence-corrected chi connectivity index (χ4v) is 6.26. The summed E-state index contributed by atoms with van der Waals surface area (Å²) in [7, 11) is 0. The van der Waals surface area contributed by atoms with Crippen molar-refractivity contribution in [1.29, 1.82) is 0 Å². The largest absolute Gasteiger partial charge is 0.205 e. The molecular formula is C39H74N+. The number of aryl methyl sites for hydroxylation is 3. The van der Waals surface area contributed by atoms with Crippen LogP contribution in [0.15, 0.2) is 18.5 Å². The molecule has 0 aliphatic heterocycles. The molecule has 40 heavy (non-hydrogen) atoms. The summed E-state index contributed by atoms with van der Waals surface area (Å²) in [5, 5.41) is 0. The minimum Gasteiger partial charge on any atom is -0.205 e. The molecule has 0 atom stereocenters. The van der Waals surface area contributed by atoms with Crippen molar-refractivity contribution in [3.8, 4) is 0 Å². The Morgan fingerprint density at radius 1 is 0.375 bits per heavy atom. The summed E-state index contributed by atoms with van der Waals surface area (Å²) in [6.45, 7) is 8.15. The van der Waals surface area contributed by atoms with E-state index in [0.29, 0.717) is 0 Å². The van der Waals surface area contributed by atoms with Crippen LogP contribution in [0.2, 0.25) is 0 Å². The molecule has 0 bridgehead atoms. The molecule has 1 aromatic rings. The second-order valence-corrected chi connectivity index (χ2v) is 13.1. The zero-order valence-electron chi connectivity index (χ0n) is 28.1. The zero-order chi connectivity index (χ0) is 28.8. The molecule has 0 spiro atoms. The molecular weight excluding hydrogens is 482 g/mol. The van der Waals surface area contributed by atoms with E-state index in [-0.39, 0.29) is 0 Å². The molecule has 0 aliphatic rings. The van der Waals surface area contributed by atoms with Crippen molar-refractivity contribution in [2.24, 2.45) is 0 Å². The monoisotopic (exact) mass is 557 g/mol. The van der Waals surface area contributed by atoms with Crippen LogP contribution in [-0.4, -0.2) is 0 Å². The summed E-state index contributed by atoms with van der Waals surface area (Å²) in [6.07, 6.45) is 47.4. The average molecular weight is 557 g/mol. The molecule has 1 rings (SSSR count). The van der Waals surface area contributed by atoms with E-state index >= 15 is 0 Å². The fraction of sp³-hybridized carbons (Fsp3) is 0.872. The molecule has 0 saturated heterocycles. The third-order valence-electron chi connectivity index (χ3n) is 9.07. The van der Waals surface area contributed by atoms with Crippen LogP contribution in [0.25, 0.3) is 0 Å². The quantitative estimate of drug-likeness (QED) is 0.0632. The molecule has 0 radical (unpaired) electrons. The maximum absolute atomic E-state index is 2.54. The van der Waals surface area contributed by atoms with Crippen LogP contribution in [0, 0.1) is 0 Å². The van der Waals surface area contributed by atoms with E-state index in [1.54, 1.807) is 11.1 Å². The second-order valence-electron chi connectivity index (χ2n) is 13.1.